The maximum Gasteiger partial charge on any atom is 0.255 e. The first kappa shape index (κ1) is 17.9. The molecule has 0 aliphatic carbocycles. The lowest BCUT2D eigenvalue weighted by atomic mass is 9.88. The van der Waals surface area contributed by atoms with Crippen molar-refractivity contribution in [3.8, 4) is 0 Å². The summed E-state index contributed by atoms with van der Waals surface area (Å²) in [5.74, 6) is 0.825. The zero-order valence-electron chi connectivity index (χ0n) is 15.6. The number of nitrogens with zero attached hydrogens (tertiary/aromatic N) is 1. The zero-order chi connectivity index (χ0) is 19.0. The van der Waals surface area contributed by atoms with Crippen LogP contribution in [0.4, 0.5) is 11.4 Å². The van der Waals surface area contributed by atoms with Gasteiger partial charge in [0.1, 0.15) is 0 Å². The Labute approximate surface area is 163 Å². The molecule has 4 N–H and O–H groups in total. The second-order valence-electron chi connectivity index (χ2n) is 7.48. The van der Waals surface area contributed by atoms with Crippen LogP contribution in [0.15, 0.2) is 47.5 Å². The van der Waals surface area contributed by atoms with Gasteiger partial charge in [-0.05, 0) is 68.1 Å². The first-order valence-electron chi connectivity index (χ1n) is 9.22. The largest absolute Gasteiger partial charge is 0.382 e. The smallest absolute Gasteiger partial charge is 0.255 e. The van der Waals surface area contributed by atoms with E-state index < -0.39 is 0 Å². The number of benzene rings is 2. The van der Waals surface area contributed by atoms with Crippen molar-refractivity contribution < 1.29 is 4.79 Å². The van der Waals surface area contributed by atoms with Crippen LogP contribution in [0, 0.1) is 0 Å². The number of nitrogens with one attached hydrogen (secondary N) is 2. The monoisotopic (exact) mass is 380 g/mol. The molecule has 4 rings (SSSR count). The van der Waals surface area contributed by atoms with E-state index in [1.807, 2.05) is 36.4 Å². The van der Waals surface area contributed by atoms with Crippen LogP contribution in [0.5, 0.6) is 0 Å². The van der Waals surface area contributed by atoms with E-state index in [4.69, 9.17) is 5.73 Å². The molecule has 0 bridgehead atoms. The molecule has 0 radical (unpaired) electrons. The minimum atomic E-state index is -0.374. The van der Waals surface area contributed by atoms with E-state index in [1.165, 1.54) is 5.56 Å². The fourth-order valence-corrected chi connectivity index (χ4v) is 4.70. The molecule has 0 saturated carbocycles. The number of nitrogens with two attached hydrogens (primary N) is 1. The Hall–Kier alpha value is -2.47. The number of aliphatic imine (C=N–C) groups is 1. The SMILES string of the molecule is CC1Cc2cc(NC(=O)c3cccc(C4(C)CCSC(N)=N4)c3)ccc2N1. The van der Waals surface area contributed by atoms with E-state index in [9.17, 15) is 4.79 Å². The van der Waals surface area contributed by atoms with Crippen molar-refractivity contribution in [2.75, 3.05) is 16.4 Å². The summed E-state index contributed by atoms with van der Waals surface area (Å²) in [5, 5.41) is 7.06. The van der Waals surface area contributed by atoms with Crippen LogP contribution in [-0.4, -0.2) is 22.9 Å². The first-order chi connectivity index (χ1) is 12.9. The molecule has 140 valence electrons. The number of anilines is 2. The van der Waals surface area contributed by atoms with Crippen molar-refractivity contribution in [2.24, 2.45) is 10.7 Å². The molecule has 0 saturated heterocycles. The summed E-state index contributed by atoms with van der Waals surface area (Å²) in [7, 11) is 0. The predicted octanol–water partition coefficient (Wildman–Crippen LogP) is 3.96. The average Bonchev–Trinajstić information content (AvgIpc) is 3.01. The average molecular weight is 381 g/mol. The van der Waals surface area contributed by atoms with Crippen molar-refractivity contribution in [2.45, 2.75) is 38.3 Å². The highest BCUT2D eigenvalue weighted by molar-refractivity contribution is 8.13. The summed E-state index contributed by atoms with van der Waals surface area (Å²) in [6.45, 7) is 4.23. The summed E-state index contributed by atoms with van der Waals surface area (Å²) >= 11 is 1.58. The van der Waals surface area contributed by atoms with E-state index in [0.29, 0.717) is 16.8 Å². The molecule has 0 aromatic heterocycles. The van der Waals surface area contributed by atoms with Crippen molar-refractivity contribution >= 4 is 34.2 Å². The maximum atomic E-state index is 12.8. The molecule has 0 fully saturated rings. The third kappa shape index (κ3) is 3.67. The van der Waals surface area contributed by atoms with Gasteiger partial charge < -0.3 is 16.4 Å². The molecule has 27 heavy (non-hydrogen) atoms. The van der Waals surface area contributed by atoms with Gasteiger partial charge in [-0.2, -0.15) is 0 Å². The van der Waals surface area contributed by atoms with Gasteiger partial charge in [-0.3, -0.25) is 9.79 Å². The summed E-state index contributed by atoms with van der Waals surface area (Å²) in [6, 6.07) is 14.2. The number of hydrogen-bond donors (Lipinski definition) is 3. The topological polar surface area (TPSA) is 79.5 Å². The number of thioether (sulfide) groups is 1. The third-order valence-electron chi connectivity index (χ3n) is 5.23. The third-order valence-corrected chi connectivity index (χ3v) is 6.03. The summed E-state index contributed by atoms with van der Waals surface area (Å²) < 4.78 is 0. The normalized spacial score (nSPS) is 23.9. The van der Waals surface area contributed by atoms with Crippen LogP contribution in [0.25, 0.3) is 0 Å². The summed E-state index contributed by atoms with van der Waals surface area (Å²) in [5.41, 5.74) is 10.4. The molecular weight excluding hydrogens is 356 g/mol. The molecule has 1 amide bonds. The second kappa shape index (κ2) is 6.93. The zero-order valence-corrected chi connectivity index (χ0v) is 16.4. The van der Waals surface area contributed by atoms with Crippen molar-refractivity contribution in [3.05, 3.63) is 59.2 Å². The van der Waals surface area contributed by atoms with Gasteiger partial charge in [0.15, 0.2) is 5.17 Å². The van der Waals surface area contributed by atoms with Crippen LogP contribution in [0.2, 0.25) is 0 Å². The Morgan fingerprint density at radius 2 is 2.19 bits per heavy atom. The van der Waals surface area contributed by atoms with E-state index in [0.717, 1.165) is 35.5 Å². The minimum Gasteiger partial charge on any atom is -0.382 e. The van der Waals surface area contributed by atoms with Crippen LogP contribution in [0.3, 0.4) is 0 Å². The van der Waals surface area contributed by atoms with E-state index in [2.05, 4.69) is 35.5 Å². The number of carbonyl (C=O) groups excluding carboxylic acids is 1. The number of amides is 1. The van der Waals surface area contributed by atoms with Crippen LogP contribution in [-0.2, 0) is 12.0 Å². The predicted molar refractivity (Wildman–Crippen MR) is 114 cm³/mol. The number of carbonyl (C=O) groups is 1. The van der Waals surface area contributed by atoms with Gasteiger partial charge in [-0.15, -0.1) is 0 Å². The second-order valence-corrected chi connectivity index (χ2v) is 8.59. The van der Waals surface area contributed by atoms with Gasteiger partial charge in [0.05, 0.1) is 5.54 Å². The Balaban J connectivity index is 1.55. The highest BCUT2D eigenvalue weighted by atomic mass is 32.2. The van der Waals surface area contributed by atoms with Crippen LogP contribution >= 0.6 is 11.8 Å². The molecule has 6 heteroatoms. The molecule has 2 atom stereocenters. The Kier molecular flexibility index (Phi) is 4.60. The van der Waals surface area contributed by atoms with Crippen LogP contribution in [0.1, 0.15) is 41.8 Å². The van der Waals surface area contributed by atoms with Gasteiger partial charge in [0.25, 0.3) is 5.91 Å². The summed E-state index contributed by atoms with van der Waals surface area (Å²) in [4.78, 5) is 17.4. The molecule has 2 aliphatic rings. The van der Waals surface area contributed by atoms with Gasteiger partial charge in [0.2, 0.25) is 0 Å². The standard InChI is InChI=1S/C21H24N4OS/c1-13-10-15-12-17(6-7-18(15)23-13)24-19(26)14-4-3-5-16(11-14)21(2)8-9-27-20(22)25-21/h3-7,11-13,23H,8-10H2,1-2H3,(H2,22,25)(H,24,26). The highest BCUT2D eigenvalue weighted by Gasteiger charge is 2.30. The Morgan fingerprint density at radius 3 is 3.00 bits per heavy atom. The van der Waals surface area contributed by atoms with Gasteiger partial charge >= 0.3 is 0 Å². The number of amidine groups is 1. The molecule has 2 aromatic carbocycles. The van der Waals surface area contributed by atoms with Crippen molar-refractivity contribution in [1.29, 1.82) is 0 Å². The first-order valence-corrected chi connectivity index (χ1v) is 10.2. The quantitative estimate of drug-likeness (QED) is 0.753. The van der Waals surface area contributed by atoms with Gasteiger partial charge in [0, 0.05) is 28.7 Å². The van der Waals surface area contributed by atoms with Crippen molar-refractivity contribution in [3.63, 3.8) is 0 Å². The number of hydrogen-bond acceptors (Lipinski definition) is 5. The lowest BCUT2D eigenvalue weighted by molar-refractivity contribution is 0.102. The maximum absolute atomic E-state index is 12.8. The molecule has 2 unspecified atom stereocenters. The molecule has 2 aliphatic heterocycles. The Bertz CT molecular complexity index is 926. The fraction of sp³-hybridized carbons (Fsp3) is 0.333. The number of rotatable bonds is 3. The minimum absolute atomic E-state index is 0.110. The van der Waals surface area contributed by atoms with E-state index in [-0.39, 0.29) is 11.4 Å². The van der Waals surface area contributed by atoms with Gasteiger partial charge in [-0.25, -0.2) is 0 Å². The molecule has 2 aromatic rings. The molecule has 0 spiro atoms. The lowest BCUT2D eigenvalue weighted by Gasteiger charge is -2.30. The molecular formula is C21H24N4OS. The fourth-order valence-electron chi connectivity index (χ4n) is 3.72. The van der Waals surface area contributed by atoms with Gasteiger partial charge in [-0.1, -0.05) is 23.9 Å². The highest BCUT2D eigenvalue weighted by Crippen LogP contribution is 2.35. The van der Waals surface area contributed by atoms with E-state index >= 15 is 0 Å². The number of fused-ring (bicyclic) bond motifs is 1. The molecule has 2 heterocycles. The summed E-state index contributed by atoms with van der Waals surface area (Å²) in [6.07, 6.45) is 1.88. The Morgan fingerprint density at radius 1 is 1.33 bits per heavy atom. The van der Waals surface area contributed by atoms with Crippen molar-refractivity contribution in [1.82, 2.24) is 0 Å². The molecule has 5 nitrogen and oxygen atoms in total. The van der Waals surface area contributed by atoms with Crippen LogP contribution < -0.4 is 16.4 Å². The van der Waals surface area contributed by atoms with E-state index in [1.54, 1.807) is 11.8 Å². The lowest BCUT2D eigenvalue weighted by Crippen LogP contribution is -2.29.